The summed E-state index contributed by atoms with van der Waals surface area (Å²) in [7, 11) is 0. The number of phenolic OH excluding ortho intramolecular Hbond substituents is 1. The van der Waals surface area contributed by atoms with E-state index in [-0.39, 0.29) is 28.5 Å². The van der Waals surface area contributed by atoms with Gasteiger partial charge >= 0.3 is 0 Å². The molecule has 168 valence electrons. The van der Waals surface area contributed by atoms with Crippen LogP contribution in [-0.2, 0) is 0 Å². The van der Waals surface area contributed by atoms with Crippen LogP contribution in [0.5, 0.6) is 5.75 Å². The molecule has 35 heavy (non-hydrogen) atoms. The Bertz CT molecular complexity index is 1600. The van der Waals surface area contributed by atoms with Crippen LogP contribution < -0.4 is 5.32 Å². The fraction of sp³-hybridized carbons (Fsp3) is 0. The minimum absolute atomic E-state index is 0.0769. The highest BCUT2D eigenvalue weighted by Crippen LogP contribution is 2.39. The maximum atomic E-state index is 13.2. The summed E-state index contributed by atoms with van der Waals surface area (Å²) in [4.78, 5) is 25.0. The van der Waals surface area contributed by atoms with Gasteiger partial charge in [-0.15, -0.1) is 10.2 Å². The van der Waals surface area contributed by atoms with E-state index in [0.717, 1.165) is 0 Å². The molecule has 0 fully saturated rings. The maximum Gasteiger partial charge on any atom is 0.260 e. The summed E-state index contributed by atoms with van der Waals surface area (Å²) >= 11 is 0. The van der Waals surface area contributed by atoms with Crippen LogP contribution in [0.15, 0.2) is 102 Å². The fourth-order valence-electron chi connectivity index (χ4n) is 3.62. The highest BCUT2D eigenvalue weighted by atomic mass is 16.3. The first kappa shape index (κ1) is 21.5. The van der Waals surface area contributed by atoms with E-state index in [1.165, 1.54) is 4.57 Å². The van der Waals surface area contributed by atoms with E-state index in [4.69, 9.17) is 6.57 Å². The molecule has 0 aliphatic carbocycles. The fourth-order valence-corrected chi connectivity index (χ4v) is 3.62. The molecule has 0 radical (unpaired) electrons. The standard InChI is InChI=1S/C26H17N7O2/c1-27-20-12-15-33(26-28-13-7-14-29-26)24(20)32-31-21-16-17-8-5-6-11-19(17)22(23(21)34)25(35)30-18-9-3-2-4-10-18/h2-16,34H,(H,30,35)/b32-31+. The summed E-state index contributed by atoms with van der Waals surface area (Å²) in [6.07, 6.45) is 4.77. The SMILES string of the molecule is [C-]#[N+]c1ccn(-c2ncccn2)c1/N=N/c1cc2ccccc2c(C(=O)Nc2ccccc2)c1O. The first-order valence-corrected chi connectivity index (χ1v) is 10.5. The zero-order valence-electron chi connectivity index (χ0n) is 18.2. The highest BCUT2D eigenvalue weighted by molar-refractivity contribution is 6.16. The van der Waals surface area contributed by atoms with Gasteiger partial charge in [0.25, 0.3) is 5.91 Å². The van der Waals surface area contributed by atoms with Crippen LogP contribution in [0.4, 0.5) is 22.9 Å². The Hall–Kier alpha value is -5.36. The molecule has 5 aromatic rings. The quantitative estimate of drug-likeness (QED) is 0.236. The van der Waals surface area contributed by atoms with Crippen molar-refractivity contribution in [3.05, 3.63) is 108 Å². The van der Waals surface area contributed by atoms with Crippen molar-refractivity contribution in [2.45, 2.75) is 0 Å². The van der Waals surface area contributed by atoms with Crippen molar-refractivity contribution < 1.29 is 9.90 Å². The zero-order chi connectivity index (χ0) is 24.2. The number of nitrogens with zero attached hydrogens (tertiary/aromatic N) is 6. The molecule has 3 aromatic carbocycles. The number of amides is 1. The summed E-state index contributed by atoms with van der Waals surface area (Å²) in [6.45, 7) is 7.46. The number of rotatable bonds is 5. The van der Waals surface area contributed by atoms with Crippen LogP contribution in [0.25, 0.3) is 21.6 Å². The predicted molar refractivity (Wildman–Crippen MR) is 132 cm³/mol. The molecule has 0 unspecified atom stereocenters. The molecule has 5 rings (SSSR count). The molecule has 0 saturated heterocycles. The first-order chi connectivity index (χ1) is 17.2. The summed E-state index contributed by atoms with van der Waals surface area (Å²) < 4.78 is 1.53. The lowest BCUT2D eigenvalue weighted by molar-refractivity contribution is 0.102. The second kappa shape index (κ2) is 9.25. The summed E-state index contributed by atoms with van der Waals surface area (Å²) in [5.41, 5.74) is 0.992. The Morgan fingerprint density at radius 1 is 0.971 bits per heavy atom. The molecule has 0 aliphatic rings. The zero-order valence-corrected chi connectivity index (χ0v) is 18.2. The largest absolute Gasteiger partial charge is 0.505 e. The smallest absolute Gasteiger partial charge is 0.260 e. The number of anilines is 1. The van der Waals surface area contributed by atoms with Crippen LogP contribution >= 0.6 is 0 Å². The van der Waals surface area contributed by atoms with Crippen LogP contribution in [0.2, 0.25) is 0 Å². The van der Waals surface area contributed by atoms with E-state index >= 15 is 0 Å². The monoisotopic (exact) mass is 459 g/mol. The van der Waals surface area contributed by atoms with Crippen LogP contribution in [0, 0.1) is 6.57 Å². The Morgan fingerprint density at radius 2 is 1.71 bits per heavy atom. The number of fused-ring (bicyclic) bond motifs is 1. The molecular formula is C26H17N7O2. The molecule has 0 aliphatic heterocycles. The molecule has 0 spiro atoms. The number of azo groups is 1. The lowest BCUT2D eigenvalue weighted by atomic mass is 10.0. The minimum Gasteiger partial charge on any atom is -0.505 e. The number of para-hydroxylation sites is 1. The third-order valence-corrected chi connectivity index (χ3v) is 5.24. The third-order valence-electron chi connectivity index (χ3n) is 5.24. The normalized spacial score (nSPS) is 10.9. The molecule has 2 heterocycles. The minimum atomic E-state index is -0.482. The number of phenols is 1. The average molecular weight is 459 g/mol. The second-order valence-corrected chi connectivity index (χ2v) is 7.42. The lowest BCUT2D eigenvalue weighted by Gasteiger charge is -2.12. The van der Waals surface area contributed by atoms with Gasteiger partial charge < -0.3 is 10.4 Å². The number of carbonyl (C=O) groups excluding carboxylic acids is 1. The molecule has 1 amide bonds. The van der Waals surface area contributed by atoms with Gasteiger partial charge in [-0.05, 0) is 41.1 Å². The van der Waals surface area contributed by atoms with Crippen molar-refractivity contribution in [2.24, 2.45) is 10.2 Å². The first-order valence-electron chi connectivity index (χ1n) is 10.5. The van der Waals surface area contributed by atoms with Crippen molar-refractivity contribution in [3.8, 4) is 11.7 Å². The van der Waals surface area contributed by atoms with Crippen molar-refractivity contribution in [1.29, 1.82) is 0 Å². The molecule has 2 N–H and O–H groups in total. The van der Waals surface area contributed by atoms with Gasteiger partial charge in [0.2, 0.25) is 11.6 Å². The summed E-state index contributed by atoms with van der Waals surface area (Å²) in [6, 6.07) is 21.1. The van der Waals surface area contributed by atoms with Gasteiger partial charge in [0.05, 0.1) is 12.1 Å². The number of hydrogen-bond acceptors (Lipinski definition) is 6. The molecule has 0 bridgehead atoms. The van der Waals surface area contributed by atoms with Gasteiger partial charge in [-0.1, -0.05) is 42.5 Å². The van der Waals surface area contributed by atoms with Gasteiger partial charge in [0, 0.05) is 24.3 Å². The molecule has 0 saturated carbocycles. The van der Waals surface area contributed by atoms with Gasteiger partial charge in [-0.2, -0.15) is 0 Å². The van der Waals surface area contributed by atoms with E-state index in [2.05, 4.69) is 30.4 Å². The Morgan fingerprint density at radius 3 is 2.49 bits per heavy atom. The Balaban J connectivity index is 1.60. The van der Waals surface area contributed by atoms with E-state index in [1.54, 1.807) is 73.2 Å². The highest BCUT2D eigenvalue weighted by Gasteiger charge is 2.20. The number of nitrogens with one attached hydrogen (secondary N) is 1. The topological polar surface area (TPSA) is 109 Å². The second-order valence-electron chi connectivity index (χ2n) is 7.42. The number of carbonyl (C=O) groups is 1. The predicted octanol–water partition coefficient (Wildman–Crippen LogP) is 6.34. The van der Waals surface area contributed by atoms with Crippen LogP contribution in [0.1, 0.15) is 10.4 Å². The van der Waals surface area contributed by atoms with Gasteiger partial charge in [0.15, 0.2) is 11.6 Å². The third kappa shape index (κ3) is 4.19. The van der Waals surface area contributed by atoms with Gasteiger partial charge in [0.1, 0.15) is 5.69 Å². The van der Waals surface area contributed by atoms with E-state index in [0.29, 0.717) is 22.4 Å². The van der Waals surface area contributed by atoms with E-state index < -0.39 is 5.91 Å². The number of hydrogen-bond donors (Lipinski definition) is 2. The molecule has 0 atom stereocenters. The number of benzene rings is 3. The van der Waals surface area contributed by atoms with Gasteiger partial charge in [-0.3, -0.25) is 9.36 Å². The summed E-state index contributed by atoms with van der Waals surface area (Å²) in [5, 5.41) is 23.6. The molecule has 9 nitrogen and oxygen atoms in total. The maximum absolute atomic E-state index is 13.2. The Labute approximate surface area is 199 Å². The molecule has 9 heteroatoms. The van der Waals surface area contributed by atoms with Crippen molar-refractivity contribution in [2.75, 3.05) is 5.32 Å². The molecule has 2 aromatic heterocycles. The Kier molecular flexibility index (Phi) is 5.68. The average Bonchev–Trinajstić information content (AvgIpc) is 3.31. The lowest BCUT2D eigenvalue weighted by Crippen LogP contribution is -2.12. The summed E-state index contributed by atoms with van der Waals surface area (Å²) in [5.74, 6) is -0.278. The van der Waals surface area contributed by atoms with E-state index in [1.807, 2.05) is 18.2 Å². The van der Waals surface area contributed by atoms with Crippen molar-refractivity contribution in [3.63, 3.8) is 0 Å². The van der Waals surface area contributed by atoms with Crippen LogP contribution in [-0.4, -0.2) is 25.5 Å². The van der Waals surface area contributed by atoms with E-state index in [9.17, 15) is 9.90 Å². The van der Waals surface area contributed by atoms with Crippen molar-refractivity contribution in [1.82, 2.24) is 14.5 Å². The molecular weight excluding hydrogens is 442 g/mol. The van der Waals surface area contributed by atoms with Crippen molar-refractivity contribution >= 4 is 39.6 Å². The van der Waals surface area contributed by atoms with Gasteiger partial charge in [-0.25, -0.2) is 14.8 Å². The van der Waals surface area contributed by atoms with Crippen LogP contribution in [0.3, 0.4) is 0 Å². The number of aromatic hydroxyl groups is 1. The number of aromatic nitrogens is 3.